The number of aliphatic imine (C=N–C) groups is 1. The van der Waals surface area contributed by atoms with Gasteiger partial charge in [0.1, 0.15) is 0 Å². The van der Waals surface area contributed by atoms with Gasteiger partial charge >= 0.3 is 0 Å². The summed E-state index contributed by atoms with van der Waals surface area (Å²) in [6.45, 7) is 3.06. The highest BCUT2D eigenvalue weighted by Gasteiger charge is 2.17. The molecule has 0 saturated carbocycles. The average molecular weight is 231 g/mol. The van der Waals surface area contributed by atoms with Crippen molar-refractivity contribution in [2.24, 2.45) is 4.99 Å². The molecule has 16 heavy (non-hydrogen) atoms. The van der Waals surface area contributed by atoms with Crippen molar-refractivity contribution in [3.05, 3.63) is 29.8 Å². The van der Waals surface area contributed by atoms with Gasteiger partial charge in [-0.1, -0.05) is 24.8 Å². The van der Waals surface area contributed by atoms with Crippen molar-refractivity contribution in [3.8, 4) is 6.07 Å². The number of hydrogen-bond donors (Lipinski definition) is 1. The van der Waals surface area contributed by atoms with Crippen molar-refractivity contribution in [1.82, 2.24) is 0 Å². The van der Waals surface area contributed by atoms with Crippen LogP contribution in [0.15, 0.2) is 29.3 Å². The molecule has 2 rings (SSSR count). The van der Waals surface area contributed by atoms with Crippen LogP contribution in [0.4, 0.5) is 5.69 Å². The summed E-state index contributed by atoms with van der Waals surface area (Å²) in [5, 5.41) is 13.6. The first kappa shape index (κ1) is 11.0. The summed E-state index contributed by atoms with van der Waals surface area (Å²) in [6.07, 6.45) is 1.14. The monoisotopic (exact) mass is 231 g/mol. The lowest BCUT2D eigenvalue weighted by atomic mass is 10.2. The zero-order chi connectivity index (χ0) is 11.4. The van der Waals surface area contributed by atoms with E-state index < -0.39 is 0 Å². The molecule has 0 fully saturated rings. The fraction of sp³-hybridized carbons (Fsp3) is 0.333. The van der Waals surface area contributed by atoms with Crippen LogP contribution in [0.3, 0.4) is 0 Å². The lowest BCUT2D eigenvalue weighted by molar-refractivity contribution is 0.843. The molecule has 4 heteroatoms. The Kier molecular flexibility index (Phi) is 3.47. The minimum absolute atomic E-state index is 0.599. The molecule has 1 aromatic carbocycles. The van der Waals surface area contributed by atoms with Crippen LogP contribution >= 0.6 is 11.8 Å². The molecule has 0 amide bonds. The molecule has 0 bridgehead atoms. The second-order valence-electron chi connectivity index (χ2n) is 3.61. The summed E-state index contributed by atoms with van der Waals surface area (Å²) >= 11 is 1.77. The van der Waals surface area contributed by atoms with Crippen LogP contribution in [-0.2, 0) is 0 Å². The molecule has 0 radical (unpaired) electrons. The van der Waals surface area contributed by atoms with Crippen molar-refractivity contribution < 1.29 is 0 Å². The van der Waals surface area contributed by atoms with E-state index in [1.807, 2.05) is 18.2 Å². The topological polar surface area (TPSA) is 48.2 Å². The molecule has 0 aromatic heterocycles. The standard InChI is InChI=1S/C12H13N3S/c1-2-11-8-14-12(16-11)15-10-5-3-4-9(6-10)7-13/h3-6,11H,2,8H2,1H3,(H,14,15). The molecule has 1 heterocycles. The number of anilines is 1. The summed E-state index contributed by atoms with van der Waals surface area (Å²) in [5.74, 6) is 0. The summed E-state index contributed by atoms with van der Waals surface area (Å²) in [4.78, 5) is 4.42. The Balaban J connectivity index is 2.02. The number of nitrogens with one attached hydrogen (secondary N) is 1. The van der Waals surface area contributed by atoms with E-state index in [1.54, 1.807) is 17.8 Å². The number of amidine groups is 1. The first-order chi connectivity index (χ1) is 7.81. The van der Waals surface area contributed by atoms with Gasteiger partial charge in [-0.3, -0.25) is 4.99 Å². The zero-order valence-electron chi connectivity index (χ0n) is 9.10. The molecule has 3 nitrogen and oxygen atoms in total. The molecule has 0 spiro atoms. The lowest BCUT2D eigenvalue weighted by Crippen LogP contribution is -2.06. The molecular formula is C12H13N3S. The van der Waals surface area contributed by atoms with Crippen molar-refractivity contribution in [3.63, 3.8) is 0 Å². The fourth-order valence-electron chi connectivity index (χ4n) is 1.49. The summed E-state index contributed by atoms with van der Waals surface area (Å²) in [6, 6.07) is 9.58. The summed E-state index contributed by atoms with van der Waals surface area (Å²) in [7, 11) is 0. The van der Waals surface area contributed by atoms with Crippen molar-refractivity contribution in [1.29, 1.82) is 5.26 Å². The third-order valence-electron chi connectivity index (χ3n) is 2.42. The van der Waals surface area contributed by atoms with Gasteiger partial charge < -0.3 is 5.32 Å². The molecule has 1 unspecified atom stereocenters. The second-order valence-corrected chi connectivity index (χ2v) is 4.90. The van der Waals surface area contributed by atoms with E-state index in [0.29, 0.717) is 10.8 Å². The molecule has 1 aromatic rings. The van der Waals surface area contributed by atoms with Crippen LogP contribution in [0.25, 0.3) is 0 Å². The first-order valence-corrected chi connectivity index (χ1v) is 6.18. The SMILES string of the molecule is CCC1CN=C(Nc2cccc(C#N)c2)S1. The lowest BCUT2D eigenvalue weighted by Gasteiger charge is -2.06. The highest BCUT2D eigenvalue weighted by Crippen LogP contribution is 2.24. The van der Waals surface area contributed by atoms with Gasteiger partial charge in [-0.25, -0.2) is 0 Å². The van der Waals surface area contributed by atoms with Gasteiger partial charge in [0.05, 0.1) is 18.2 Å². The maximum Gasteiger partial charge on any atom is 0.161 e. The van der Waals surface area contributed by atoms with Crippen LogP contribution in [0.2, 0.25) is 0 Å². The van der Waals surface area contributed by atoms with Crippen LogP contribution < -0.4 is 5.32 Å². The highest BCUT2D eigenvalue weighted by molar-refractivity contribution is 8.15. The van der Waals surface area contributed by atoms with Crippen molar-refractivity contribution >= 4 is 22.6 Å². The minimum Gasteiger partial charge on any atom is -0.335 e. The number of nitriles is 1. The Hall–Kier alpha value is -1.47. The van der Waals surface area contributed by atoms with E-state index in [1.165, 1.54) is 0 Å². The molecule has 0 saturated heterocycles. The number of rotatable bonds is 2. The maximum absolute atomic E-state index is 8.79. The van der Waals surface area contributed by atoms with E-state index in [2.05, 4.69) is 23.3 Å². The highest BCUT2D eigenvalue weighted by atomic mass is 32.2. The smallest absolute Gasteiger partial charge is 0.161 e. The maximum atomic E-state index is 8.79. The number of thioether (sulfide) groups is 1. The minimum atomic E-state index is 0.599. The summed E-state index contributed by atoms with van der Waals surface area (Å²) < 4.78 is 0. The van der Waals surface area contributed by atoms with Crippen LogP contribution in [0.1, 0.15) is 18.9 Å². The molecule has 1 N–H and O–H groups in total. The van der Waals surface area contributed by atoms with Gasteiger partial charge in [-0.2, -0.15) is 5.26 Å². The Morgan fingerprint density at radius 2 is 2.50 bits per heavy atom. The van der Waals surface area contributed by atoms with Gasteiger partial charge in [-0.05, 0) is 24.6 Å². The molecule has 1 aliphatic rings. The quantitative estimate of drug-likeness (QED) is 0.851. The van der Waals surface area contributed by atoms with Crippen LogP contribution in [-0.4, -0.2) is 17.0 Å². The van der Waals surface area contributed by atoms with Crippen LogP contribution in [0, 0.1) is 11.3 Å². The molecule has 1 aliphatic heterocycles. The van der Waals surface area contributed by atoms with E-state index in [-0.39, 0.29) is 0 Å². The van der Waals surface area contributed by atoms with E-state index in [4.69, 9.17) is 5.26 Å². The Morgan fingerprint density at radius 3 is 3.19 bits per heavy atom. The Morgan fingerprint density at radius 1 is 1.62 bits per heavy atom. The average Bonchev–Trinajstić information content (AvgIpc) is 2.77. The second kappa shape index (κ2) is 5.04. The van der Waals surface area contributed by atoms with Crippen LogP contribution in [0.5, 0.6) is 0 Å². The number of hydrogen-bond acceptors (Lipinski definition) is 4. The van der Waals surface area contributed by atoms with Gasteiger partial charge in [0, 0.05) is 10.9 Å². The first-order valence-electron chi connectivity index (χ1n) is 5.30. The predicted octanol–water partition coefficient (Wildman–Crippen LogP) is 2.85. The van der Waals surface area contributed by atoms with E-state index >= 15 is 0 Å². The Labute approximate surface area is 99.6 Å². The molecular weight excluding hydrogens is 218 g/mol. The molecule has 1 atom stereocenters. The Bertz CT molecular complexity index is 448. The molecule has 0 aliphatic carbocycles. The van der Waals surface area contributed by atoms with Gasteiger partial charge in [-0.15, -0.1) is 0 Å². The molecule has 82 valence electrons. The third kappa shape index (κ3) is 2.56. The fourth-order valence-corrected chi connectivity index (χ4v) is 2.45. The van der Waals surface area contributed by atoms with E-state index in [0.717, 1.165) is 23.8 Å². The third-order valence-corrected chi connectivity index (χ3v) is 3.69. The van der Waals surface area contributed by atoms with Gasteiger partial charge in [0.25, 0.3) is 0 Å². The van der Waals surface area contributed by atoms with E-state index in [9.17, 15) is 0 Å². The van der Waals surface area contributed by atoms with Crippen molar-refractivity contribution in [2.75, 3.05) is 11.9 Å². The zero-order valence-corrected chi connectivity index (χ0v) is 9.92. The predicted molar refractivity (Wildman–Crippen MR) is 68.8 cm³/mol. The largest absolute Gasteiger partial charge is 0.335 e. The van der Waals surface area contributed by atoms with Gasteiger partial charge in [0.2, 0.25) is 0 Å². The summed E-state index contributed by atoms with van der Waals surface area (Å²) in [5.41, 5.74) is 1.60. The normalized spacial score (nSPS) is 19.0. The number of benzene rings is 1. The van der Waals surface area contributed by atoms with Crippen molar-refractivity contribution in [2.45, 2.75) is 18.6 Å². The van der Waals surface area contributed by atoms with Gasteiger partial charge in [0.15, 0.2) is 5.17 Å². The number of nitrogens with zero attached hydrogens (tertiary/aromatic N) is 2.